The molecule has 2 heterocycles. The summed E-state index contributed by atoms with van der Waals surface area (Å²) in [6, 6.07) is 16.4. The molecule has 1 aromatic heterocycles. The number of hydrogen-bond acceptors (Lipinski definition) is 3. The third kappa shape index (κ3) is 4.81. The predicted molar refractivity (Wildman–Crippen MR) is 148 cm³/mol. The number of carbonyl (C=O) groups is 2. The third-order valence-electron chi connectivity index (χ3n) is 8.10. The summed E-state index contributed by atoms with van der Waals surface area (Å²) in [5.74, 6) is -0.300. The molecule has 1 unspecified atom stereocenters. The van der Waals surface area contributed by atoms with Crippen LogP contribution in [0.5, 0.6) is 0 Å². The minimum Gasteiger partial charge on any atom is -0.351 e. The molecule has 6 heteroatoms. The first-order valence-corrected chi connectivity index (χ1v) is 13.7. The first-order valence-electron chi connectivity index (χ1n) is 13.7. The number of hydrogen-bond donors (Lipinski definition) is 1. The summed E-state index contributed by atoms with van der Waals surface area (Å²) in [5, 5.41) is 8.16. The second kappa shape index (κ2) is 10.2. The average molecular weight is 499 g/mol. The number of anilines is 1. The third-order valence-corrected chi connectivity index (χ3v) is 8.10. The van der Waals surface area contributed by atoms with E-state index in [0.29, 0.717) is 12.2 Å². The van der Waals surface area contributed by atoms with Gasteiger partial charge in [0.1, 0.15) is 11.2 Å². The van der Waals surface area contributed by atoms with Gasteiger partial charge < -0.3 is 5.32 Å². The van der Waals surface area contributed by atoms with Crippen LogP contribution in [0.2, 0.25) is 0 Å². The van der Waals surface area contributed by atoms with Crippen LogP contribution < -0.4 is 10.2 Å². The van der Waals surface area contributed by atoms with Crippen molar-refractivity contribution < 1.29 is 9.59 Å². The zero-order chi connectivity index (χ0) is 26.2. The fourth-order valence-corrected chi connectivity index (χ4v) is 5.74. The van der Waals surface area contributed by atoms with E-state index >= 15 is 0 Å². The van der Waals surface area contributed by atoms with Crippen LogP contribution in [0.1, 0.15) is 79.6 Å². The number of nitrogens with zero attached hydrogens (tertiary/aromatic N) is 3. The highest BCUT2D eigenvalue weighted by molar-refractivity contribution is 6.12. The lowest BCUT2D eigenvalue weighted by Crippen LogP contribution is -2.65. The molecule has 1 N–H and O–H groups in total. The number of aromatic nitrogens is 2. The average Bonchev–Trinajstić information content (AvgIpc) is 3.14. The molecule has 6 nitrogen and oxygen atoms in total. The molecule has 1 fully saturated rings. The maximum Gasteiger partial charge on any atom is 0.277 e. The summed E-state index contributed by atoms with van der Waals surface area (Å²) >= 11 is 0. The van der Waals surface area contributed by atoms with Crippen LogP contribution in [0, 0.1) is 13.8 Å². The van der Waals surface area contributed by atoms with Gasteiger partial charge in [-0.05, 0) is 68.9 Å². The fourth-order valence-electron chi connectivity index (χ4n) is 5.74. The van der Waals surface area contributed by atoms with Crippen molar-refractivity contribution >= 4 is 17.5 Å². The Labute approximate surface area is 220 Å². The molecule has 3 aromatic rings. The van der Waals surface area contributed by atoms with Crippen molar-refractivity contribution in [3.63, 3.8) is 0 Å². The Morgan fingerprint density at radius 2 is 1.73 bits per heavy atom. The number of benzene rings is 2. The van der Waals surface area contributed by atoms with E-state index in [0.717, 1.165) is 60.2 Å². The van der Waals surface area contributed by atoms with Gasteiger partial charge >= 0.3 is 0 Å². The van der Waals surface area contributed by atoms with Crippen LogP contribution in [-0.4, -0.2) is 33.2 Å². The quantitative estimate of drug-likeness (QED) is 0.440. The van der Waals surface area contributed by atoms with E-state index in [1.165, 1.54) is 18.4 Å². The van der Waals surface area contributed by atoms with Gasteiger partial charge in [0.25, 0.3) is 5.91 Å². The molecule has 1 atom stereocenters. The van der Waals surface area contributed by atoms with Gasteiger partial charge in [-0.25, -0.2) is 0 Å². The molecule has 1 saturated carbocycles. The maximum absolute atomic E-state index is 14.2. The number of carbonyl (C=O) groups excluding carboxylic acids is 2. The maximum atomic E-state index is 14.2. The smallest absolute Gasteiger partial charge is 0.277 e. The van der Waals surface area contributed by atoms with Crippen LogP contribution in [0.4, 0.5) is 5.69 Å². The molecule has 2 aliphatic rings. The van der Waals surface area contributed by atoms with Gasteiger partial charge in [0, 0.05) is 17.3 Å². The van der Waals surface area contributed by atoms with Crippen molar-refractivity contribution in [2.24, 2.45) is 0 Å². The molecule has 1 aliphatic heterocycles. The topological polar surface area (TPSA) is 67.2 Å². The van der Waals surface area contributed by atoms with Crippen molar-refractivity contribution in [3.05, 3.63) is 70.9 Å². The number of fused-ring (bicyclic) bond motifs is 1. The van der Waals surface area contributed by atoms with Crippen LogP contribution in [0.3, 0.4) is 0 Å². The summed E-state index contributed by atoms with van der Waals surface area (Å²) in [4.78, 5) is 29.9. The van der Waals surface area contributed by atoms with E-state index < -0.39 is 5.54 Å². The largest absolute Gasteiger partial charge is 0.351 e. The van der Waals surface area contributed by atoms with E-state index in [1.54, 1.807) is 9.58 Å². The van der Waals surface area contributed by atoms with Crippen LogP contribution in [0.15, 0.2) is 48.5 Å². The highest BCUT2D eigenvalue weighted by atomic mass is 16.2. The van der Waals surface area contributed by atoms with E-state index in [1.807, 2.05) is 45.0 Å². The normalized spacial score (nSPS) is 20.4. The van der Waals surface area contributed by atoms with Gasteiger partial charge in [-0.3, -0.25) is 19.2 Å². The van der Waals surface area contributed by atoms with E-state index in [9.17, 15) is 9.59 Å². The Balaban J connectivity index is 1.56. The van der Waals surface area contributed by atoms with Crippen molar-refractivity contribution in [3.8, 4) is 11.3 Å². The van der Waals surface area contributed by atoms with Gasteiger partial charge in [0.2, 0.25) is 5.91 Å². The minimum atomic E-state index is -1.11. The summed E-state index contributed by atoms with van der Waals surface area (Å²) in [5.41, 5.74) is 5.18. The van der Waals surface area contributed by atoms with Crippen LogP contribution in [0.25, 0.3) is 11.3 Å². The first kappa shape index (κ1) is 25.2. The van der Waals surface area contributed by atoms with Gasteiger partial charge in [-0.2, -0.15) is 5.10 Å². The standard InChI is InChI=1S/C31H38N4O2/c1-5-23-14-16-24(17-15-23)26-19-28-29(36)35(27-18-21(2)12-13-22(27)3)31(4,20-34(28)33-26)30(37)32-25-10-8-6-7-9-11-25/h12-19,25H,5-11,20H2,1-4H3,(H,32,37). The lowest BCUT2D eigenvalue weighted by molar-refractivity contribution is -0.127. The van der Waals surface area contributed by atoms with Crippen molar-refractivity contribution in [1.29, 1.82) is 0 Å². The minimum absolute atomic E-state index is 0.108. The molecule has 37 heavy (non-hydrogen) atoms. The molecule has 2 amide bonds. The highest BCUT2D eigenvalue weighted by Gasteiger charge is 2.49. The second-order valence-electron chi connectivity index (χ2n) is 11.0. The Morgan fingerprint density at radius 3 is 2.41 bits per heavy atom. The number of nitrogens with one attached hydrogen (secondary N) is 1. The summed E-state index contributed by atoms with van der Waals surface area (Å²) < 4.78 is 1.74. The molecule has 0 bridgehead atoms. The molecule has 5 rings (SSSR count). The Hall–Kier alpha value is -3.41. The van der Waals surface area contributed by atoms with Gasteiger partial charge in [0.05, 0.1) is 12.2 Å². The first-order chi connectivity index (χ1) is 17.8. The second-order valence-corrected chi connectivity index (χ2v) is 11.0. The summed E-state index contributed by atoms with van der Waals surface area (Å²) in [6.45, 7) is 8.33. The molecule has 0 spiro atoms. The lowest BCUT2D eigenvalue weighted by Gasteiger charge is -2.44. The molecular weight excluding hydrogens is 460 g/mol. The summed E-state index contributed by atoms with van der Waals surface area (Å²) in [6.07, 6.45) is 7.65. The van der Waals surface area contributed by atoms with Crippen molar-refractivity contribution in [2.45, 2.75) is 90.8 Å². The van der Waals surface area contributed by atoms with E-state index in [-0.39, 0.29) is 17.9 Å². The SMILES string of the molecule is CCc1ccc(-c2cc3n(n2)CC(C)(C(=O)NC2CCCCCC2)N(c2cc(C)ccc2C)C3=O)cc1. The van der Waals surface area contributed by atoms with Crippen LogP contribution >= 0.6 is 0 Å². The van der Waals surface area contributed by atoms with Crippen molar-refractivity contribution in [1.82, 2.24) is 15.1 Å². The van der Waals surface area contributed by atoms with Gasteiger partial charge in [-0.1, -0.05) is 69.0 Å². The molecule has 1 aliphatic carbocycles. The van der Waals surface area contributed by atoms with Crippen molar-refractivity contribution in [2.75, 3.05) is 4.90 Å². The zero-order valence-electron chi connectivity index (χ0n) is 22.5. The van der Waals surface area contributed by atoms with E-state index in [4.69, 9.17) is 5.10 Å². The molecule has 0 radical (unpaired) electrons. The van der Waals surface area contributed by atoms with Gasteiger partial charge in [-0.15, -0.1) is 0 Å². The molecule has 2 aromatic carbocycles. The van der Waals surface area contributed by atoms with Crippen LogP contribution in [-0.2, 0) is 17.8 Å². The molecular formula is C31H38N4O2. The zero-order valence-corrected chi connectivity index (χ0v) is 22.5. The van der Waals surface area contributed by atoms with Gasteiger partial charge in [0.15, 0.2) is 0 Å². The molecule has 194 valence electrons. The monoisotopic (exact) mass is 498 g/mol. The Kier molecular flexibility index (Phi) is 6.93. The number of rotatable bonds is 5. The number of aryl methyl sites for hydroxylation is 3. The fraction of sp³-hybridized carbons (Fsp3) is 0.452. The number of amides is 2. The highest BCUT2D eigenvalue weighted by Crippen LogP contribution is 2.36. The Bertz CT molecular complexity index is 1300. The van der Waals surface area contributed by atoms with E-state index in [2.05, 4.69) is 36.5 Å². The molecule has 0 saturated heterocycles. The lowest BCUT2D eigenvalue weighted by atomic mass is 9.92. The predicted octanol–water partition coefficient (Wildman–Crippen LogP) is 5.99. The Morgan fingerprint density at radius 1 is 1.03 bits per heavy atom. The summed E-state index contributed by atoms with van der Waals surface area (Å²) in [7, 11) is 0.